The third kappa shape index (κ3) is 0.885. The number of ether oxygens (including phenoxy) is 1. The van der Waals surface area contributed by atoms with Gasteiger partial charge in [-0.2, -0.15) is 4.40 Å². The number of benzene rings is 1. The minimum absolute atomic E-state index is 0.891. The smallest absolute Gasteiger partial charge is 0.188 e. The van der Waals surface area contributed by atoms with Crippen LogP contribution in [0.25, 0.3) is 0 Å². The van der Waals surface area contributed by atoms with Gasteiger partial charge in [0.2, 0.25) is 0 Å². The van der Waals surface area contributed by atoms with Crippen molar-refractivity contribution in [3.8, 4) is 5.75 Å². The van der Waals surface area contributed by atoms with Crippen LogP contribution in [0.3, 0.4) is 0 Å². The van der Waals surface area contributed by atoms with Crippen LogP contribution in [0.4, 0.5) is 0 Å². The lowest BCUT2D eigenvalue weighted by Gasteiger charge is -2.07. The Kier molecular flexibility index (Phi) is 1.36. The largest absolute Gasteiger partial charge is 0.444 e. The van der Waals surface area contributed by atoms with Crippen LogP contribution < -0.4 is 4.74 Å². The summed E-state index contributed by atoms with van der Waals surface area (Å²) in [6.45, 7) is 0. The van der Waals surface area contributed by atoms with Crippen molar-refractivity contribution in [2.24, 2.45) is 4.40 Å². The minimum atomic E-state index is 0.891. The highest BCUT2D eigenvalue weighted by atomic mass is 32.2. The van der Waals surface area contributed by atoms with Crippen molar-refractivity contribution in [2.75, 3.05) is 0 Å². The van der Waals surface area contributed by atoms with Gasteiger partial charge in [-0.15, -0.1) is 0 Å². The molecule has 10 heavy (non-hydrogen) atoms. The molecule has 0 fully saturated rings. The Morgan fingerprint density at radius 2 is 2.20 bits per heavy atom. The van der Waals surface area contributed by atoms with Gasteiger partial charge >= 0.3 is 0 Å². The van der Waals surface area contributed by atoms with Gasteiger partial charge in [-0.05, 0) is 12.1 Å². The molecule has 0 aliphatic carbocycles. The van der Waals surface area contributed by atoms with Gasteiger partial charge in [0.15, 0.2) is 6.40 Å². The number of fused-ring (bicyclic) bond motifs is 1. The van der Waals surface area contributed by atoms with Crippen molar-refractivity contribution in [1.29, 1.82) is 0 Å². The van der Waals surface area contributed by atoms with Crippen molar-refractivity contribution < 1.29 is 4.74 Å². The topological polar surface area (TPSA) is 21.6 Å². The molecule has 1 aliphatic rings. The first kappa shape index (κ1) is 5.80. The van der Waals surface area contributed by atoms with Gasteiger partial charge in [0.1, 0.15) is 5.75 Å². The van der Waals surface area contributed by atoms with Crippen molar-refractivity contribution in [2.45, 2.75) is 4.90 Å². The first-order chi connectivity index (χ1) is 4.97. The van der Waals surface area contributed by atoms with Crippen molar-refractivity contribution in [3.63, 3.8) is 0 Å². The van der Waals surface area contributed by atoms with Gasteiger partial charge in [0, 0.05) is 11.9 Å². The molecule has 50 valence electrons. The molecule has 3 heteroatoms. The van der Waals surface area contributed by atoms with Crippen LogP contribution in [0, 0.1) is 0 Å². The monoisotopic (exact) mass is 151 g/mol. The molecule has 0 aromatic heterocycles. The normalized spacial score (nSPS) is 14.0. The zero-order valence-corrected chi connectivity index (χ0v) is 5.97. The second kappa shape index (κ2) is 2.34. The highest BCUT2D eigenvalue weighted by Crippen LogP contribution is 2.31. The van der Waals surface area contributed by atoms with Crippen LogP contribution in [0.2, 0.25) is 0 Å². The van der Waals surface area contributed by atoms with E-state index in [1.807, 2.05) is 24.3 Å². The Balaban J connectivity index is 2.47. The highest BCUT2D eigenvalue weighted by Gasteiger charge is 2.04. The van der Waals surface area contributed by atoms with Gasteiger partial charge < -0.3 is 4.74 Å². The fraction of sp³-hybridized carbons (Fsp3) is 0. The molecule has 1 heterocycles. The number of hydrogen-bond donors (Lipinski definition) is 0. The van der Waals surface area contributed by atoms with Gasteiger partial charge in [0.25, 0.3) is 0 Å². The van der Waals surface area contributed by atoms with E-state index in [-0.39, 0.29) is 0 Å². The van der Waals surface area contributed by atoms with Crippen LogP contribution >= 0.6 is 11.9 Å². The summed E-state index contributed by atoms with van der Waals surface area (Å²) in [6, 6.07) is 7.82. The van der Waals surface area contributed by atoms with E-state index in [0.717, 1.165) is 10.6 Å². The van der Waals surface area contributed by atoms with Gasteiger partial charge in [-0.1, -0.05) is 12.1 Å². The number of rotatable bonds is 0. The molecule has 0 unspecified atom stereocenters. The number of para-hydroxylation sites is 1. The van der Waals surface area contributed by atoms with Crippen LogP contribution in [0.1, 0.15) is 0 Å². The fourth-order valence-corrected chi connectivity index (χ4v) is 1.32. The third-order valence-electron chi connectivity index (χ3n) is 1.22. The van der Waals surface area contributed by atoms with Crippen molar-refractivity contribution >= 4 is 18.3 Å². The highest BCUT2D eigenvalue weighted by molar-refractivity contribution is 7.98. The average Bonchev–Trinajstić information content (AvgIpc) is 2.05. The Labute approximate surface area is 63.1 Å². The molecule has 1 aliphatic heterocycles. The van der Waals surface area contributed by atoms with E-state index >= 15 is 0 Å². The summed E-state index contributed by atoms with van der Waals surface area (Å²) in [5, 5.41) is 0. The molecule has 2 nitrogen and oxygen atoms in total. The van der Waals surface area contributed by atoms with Crippen molar-refractivity contribution in [1.82, 2.24) is 0 Å². The lowest BCUT2D eigenvalue weighted by molar-refractivity contribution is 0.557. The molecule has 0 bridgehead atoms. The molecule has 2 rings (SSSR count). The average molecular weight is 151 g/mol. The number of nitrogens with zero attached hydrogens (tertiary/aromatic N) is 1. The third-order valence-corrected chi connectivity index (χ3v) is 1.95. The second-order valence-corrected chi connectivity index (χ2v) is 2.70. The van der Waals surface area contributed by atoms with E-state index < -0.39 is 0 Å². The zero-order valence-electron chi connectivity index (χ0n) is 5.15. The van der Waals surface area contributed by atoms with Gasteiger partial charge in [-0.25, -0.2) is 0 Å². The minimum Gasteiger partial charge on any atom is -0.444 e. The summed E-state index contributed by atoms with van der Waals surface area (Å²) in [5.74, 6) is 0.891. The predicted molar refractivity (Wildman–Crippen MR) is 41.4 cm³/mol. The summed E-state index contributed by atoms with van der Waals surface area (Å²) >= 11 is 1.43. The summed E-state index contributed by atoms with van der Waals surface area (Å²) in [4.78, 5) is 1.07. The van der Waals surface area contributed by atoms with Crippen LogP contribution in [-0.4, -0.2) is 6.40 Å². The molecule has 0 radical (unpaired) electrons. The summed E-state index contributed by atoms with van der Waals surface area (Å²) in [5.41, 5.74) is 0. The first-order valence-corrected chi connectivity index (χ1v) is 3.69. The predicted octanol–water partition coefficient (Wildman–Crippen LogP) is 2.11. The Morgan fingerprint density at radius 3 is 3.10 bits per heavy atom. The molecule has 0 amide bonds. The maximum absolute atomic E-state index is 5.11. The lowest BCUT2D eigenvalue weighted by atomic mass is 10.3. The molecular formula is C7H5NOS. The molecule has 0 saturated heterocycles. The first-order valence-electron chi connectivity index (χ1n) is 2.91. The van der Waals surface area contributed by atoms with Crippen LogP contribution in [0.15, 0.2) is 33.6 Å². The molecule has 1 aromatic rings. The summed E-state index contributed by atoms with van der Waals surface area (Å²) in [6.07, 6.45) is 1.45. The molecular weight excluding hydrogens is 146 g/mol. The molecule has 0 atom stereocenters. The Hall–Kier alpha value is -0.960. The quantitative estimate of drug-likeness (QED) is 0.530. The maximum atomic E-state index is 5.11. The van der Waals surface area contributed by atoms with Gasteiger partial charge in [0.05, 0.1) is 4.90 Å². The second-order valence-electron chi connectivity index (χ2n) is 1.87. The Bertz CT molecular complexity index is 245. The van der Waals surface area contributed by atoms with E-state index in [4.69, 9.17) is 4.74 Å². The molecule has 0 N–H and O–H groups in total. The summed E-state index contributed by atoms with van der Waals surface area (Å²) in [7, 11) is 0. The van der Waals surface area contributed by atoms with Crippen LogP contribution in [0.5, 0.6) is 5.75 Å². The molecule has 0 saturated carbocycles. The SMILES string of the molecule is C1=NSc2ccccc2O1. The standard InChI is InChI=1S/C7H5NOS/c1-2-4-7-6(3-1)9-5-8-10-7/h1-5H. The molecule has 1 aromatic carbocycles. The van der Waals surface area contributed by atoms with E-state index in [1.54, 1.807) is 0 Å². The fourth-order valence-electron chi connectivity index (χ4n) is 0.780. The number of hydrogen-bond acceptors (Lipinski definition) is 3. The summed E-state index contributed by atoms with van der Waals surface area (Å²) < 4.78 is 9.00. The Morgan fingerprint density at radius 1 is 1.30 bits per heavy atom. The van der Waals surface area contributed by atoms with E-state index in [1.165, 1.54) is 18.3 Å². The lowest BCUT2D eigenvalue weighted by Crippen LogP contribution is -1.93. The maximum Gasteiger partial charge on any atom is 0.188 e. The zero-order chi connectivity index (χ0) is 6.81. The molecule has 0 spiro atoms. The van der Waals surface area contributed by atoms with E-state index in [9.17, 15) is 0 Å². The van der Waals surface area contributed by atoms with E-state index in [0.29, 0.717) is 0 Å². The van der Waals surface area contributed by atoms with Gasteiger partial charge in [-0.3, -0.25) is 0 Å². The van der Waals surface area contributed by atoms with E-state index in [2.05, 4.69) is 4.40 Å². The van der Waals surface area contributed by atoms with Crippen LogP contribution in [-0.2, 0) is 0 Å². The van der Waals surface area contributed by atoms with Crippen molar-refractivity contribution in [3.05, 3.63) is 24.3 Å².